The fourth-order valence-electron chi connectivity index (χ4n) is 2.81. The van der Waals surface area contributed by atoms with Gasteiger partial charge in [-0.15, -0.1) is 0 Å². The molecule has 5 nitrogen and oxygen atoms in total. The number of carboxylic acids is 1. The van der Waals surface area contributed by atoms with Gasteiger partial charge in [-0.3, -0.25) is 0 Å². The number of aromatic carboxylic acids is 1. The Morgan fingerprint density at radius 1 is 1.00 bits per heavy atom. The maximum absolute atomic E-state index is 11.1. The van der Waals surface area contributed by atoms with Crippen LogP contribution in [0.4, 0.5) is 0 Å². The fraction of sp³-hybridized carbons (Fsp3) is 0.0833. The van der Waals surface area contributed by atoms with E-state index in [1.165, 1.54) is 6.07 Å². The first-order valence-electron chi connectivity index (χ1n) is 8.91. The van der Waals surface area contributed by atoms with E-state index < -0.39 is 5.97 Å². The first-order valence-corrected chi connectivity index (χ1v) is 8.91. The highest BCUT2D eigenvalue weighted by Gasteiger charge is 2.08. The molecule has 0 spiro atoms. The van der Waals surface area contributed by atoms with E-state index >= 15 is 0 Å². The molecule has 1 N–H and O–H groups in total. The van der Waals surface area contributed by atoms with Gasteiger partial charge in [-0.2, -0.15) is 5.26 Å². The largest absolute Gasteiger partial charge is 0.493 e. The number of nitrogens with zero attached hydrogens (tertiary/aromatic N) is 1. The summed E-state index contributed by atoms with van der Waals surface area (Å²) in [6.45, 7) is 0.208. The summed E-state index contributed by atoms with van der Waals surface area (Å²) in [6.07, 6.45) is 1.79. The highest BCUT2D eigenvalue weighted by Crippen LogP contribution is 2.30. The summed E-state index contributed by atoms with van der Waals surface area (Å²) in [7, 11) is 1.54. The van der Waals surface area contributed by atoms with Crippen molar-refractivity contribution in [3.8, 4) is 17.6 Å². The number of ether oxygens (including phenoxy) is 2. The maximum Gasteiger partial charge on any atom is 0.335 e. The molecule has 0 aliphatic rings. The topological polar surface area (TPSA) is 79.5 Å². The Kier molecular flexibility index (Phi) is 6.29. The lowest BCUT2D eigenvalue weighted by atomic mass is 10.0. The summed E-state index contributed by atoms with van der Waals surface area (Å²) in [5.74, 6) is 0.0781. The molecule has 3 aromatic rings. The van der Waals surface area contributed by atoms with Crippen LogP contribution >= 0.6 is 0 Å². The van der Waals surface area contributed by atoms with Crippen LogP contribution in [0.25, 0.3) is 11.6 Å². The lowest BCUT2D eigenvalue weighted by Gasteiger charge is -2.12. The number of nitriles is 1. The van der Waals surface area contributed by atoms with Gasteiger partial charge < -0.3 is 14.6 Å². The van der Waals surface area contributed by atoms with Crippen LogP contribution in [0, 0.1) is 11.3 Å². The van der Waals surface area contributed by atoms with E-state index in [0.717, 1.165) is 16.7 Å². The molecule has 144 valence electrons. The Balaban J connectivity index is 1.80. The molecule has 0 unspecified atom stereocenters. The van der Waals surface area contributed by atoms with Crippen LogP contribution in [0.2, 0.25) is 0 Å². The summed E-state index contributed by atoms with van der Waals surface area (Å²) in [5, 5.41) is 18.6. The third-order valence-electron chi connectivity index (χ3n) is 4.27. The predicted molar refractivity (Wildman–Crippen MR) is 111 cm³/mol. The first-order chi connectivity index (χ1) is 14.1. The van der Waals surface area contributed by atoms with Crippen molar-refractivity contribution < 1.29 is 19.4 Å². The summed E-state index contributed by atoms with van der Waals surface area (Å²) in [5.41, 5.74) is 3.15. The second kappa shape index (κ2) is 9.25. The van der Waals surface area contributed by atoms with E-state index in [4.69, 9.17) is 14.6 Å². The zero-order valence-corrected chi connectivity index (χ0v) is 15.8. The minimum Gasteiger partial charge on any atom is -0.493 e. The van der Waals surface area contributed by atoms with Gasteiger partial charge in [0.15, 0.2) is 11.5 Å². The van der Waals surface area contributed by atoms with E-state index in [0.29, 0.717) is 17.1 Å². The molecule has 29 heavy (non-hydrogen) atoms. The number of carboxylic acid groups (broad SMARTS) is 1. The molecule has 0 fully saturated rings. The van der Waals surface area contributed by atoms with Crippen molar-refractivity contribution in [3.05, 3.63) is 95.1 Å². The fourth-order valence-corrected chi connectivity index (χ4v) is 2.81. The molecule has 0 radical (unpaired) electrons. The number of methoxy groups -OCH3 is 1. The van der Waals surface area contributed by atoms with Crippen molar-refractivity contribution in [2.45, 2.75) is 6.61 Å². The molecule has 5 heteroatoms. The van der Waals surface area contributed by atoms with Gasteiger partial charge >= 0.3 is 5.97 Å². The average Bonchev–Trinajstić information content (AvgIpc) is 2.77. The lowest BCUT2D eigenvalue weighted by Crippen LogP contribution is -2.01. The highest BCUT2D eigenvalue weighted by molar-refractivity contribution is 5.90. The van der Waals surface area contributed by atoms with E-state index in [9.17, 15) is 10.1 Å². The monoisotopic (exact) mass is 385 g/mol. The van der Waals surface area contributed by atoms with Gasteiger partial charge in [0.1, 0.15) is 6.61 Å². The molecule has 0 aliphatic heterocycles. The lowest BCUT2D eigenvalue weighted by molar-refractivity contribution is 0.0696. The van der Waals surface area contributed by atoms with E-state index in [1.807, 2.05) is 36.4 Å². The zero-order chi connectivity index (χ0) is 20.6. The van der Waals surface area contributed by atoms with Crippen molar-refractivity contribution in [3.63, 3.8) is 0 Å². The summed E-state index contributed by atoms with van der Waals surface area (Å²) in [6, 6.07) is 23.7. The Bertz CT molecular complexity index is 1080. The third-order valence-corrected chi connectivity index (χ3v) is 4.27. The van der Waals surface area contributed by atoms with Crippen LogP contribution in [0.1, 0.15) is 27.0 Å². The van der Waals surface area contributed by atoms with Crippen molar-refractivity contribution in [1.82, 2.24) is 0 Å². The molecule has 0 aliphatic carbocycles. The van der Waals surface area contributed by atoms with E-state index in [1.54, 1.807) is 43.5 Å². The normalized spacial score (nSPS) is 10.8. The van der Waals surface area contributed by atoms with E-state index in [-0.39, 0.29) is 12.2 Å². The smallest absolute Gasteiger partial charge is 0.335 e. The standard InChI is InChI=1S/C24H19NO4/c1-28-23-14-17(12-21(15-25)19-7-3-2-4-8-19)10-11-22(23)29-16-18-6-5-9-20(13-18)24(26)27/h2-14H,16H2,1H3,(H,26,27)/b21-12+. The summed E-state index contributed by atoms with van der Waals surface area (Å²) < 4.78 is 11.2. The van der Waals surface area contributed by atoms with Crippen LogP contribution in [0.15, 0.2) is 72.8 Å². The number of hydrogen-bond donors (Lipinski definition) is 1. The van der Waals surface area contributed by atoms with Crippen molar-refractivity contribution in [2.75, 3.05) is 7.11 Å². The Morgan fingerprint density at radius 3 is 2.45 bits per heavy atom. The zero-order valence-electron chi connectivity index (χ0n) is 15.8. The number of carbonyl (C=O) groups is 1. The second-order valence-corrected chi connectivity index (χ2v) is 6.24. The van der Waals surface area contributed by atoms with Gasteiger partial charge in [0, 0.05) is 0 Å². The molecular formula is C24H19NO4. The molecule has 0 heterocycles. The molecular weight excluding hydrogens is 366 g/mol. The number of allylic oxidation sites excluding steroid dienone is 1. The van der Waals surface area contributed by atoms with Gasteiger partial charge in [-0.1, -0.05) is 48.5 Å². The second-order valence-electron chi connectivity index (χ2n) is 6.24. The number of rotatable bonds is 7. The van der Waals surface area contributed by atoms with Crippen LogP contribution in [0.3, 0.4) is 0 Å². The minimum absolute atomic E-state index is 0.208. The van der Waals surface area contributed by atoms with Gasteiger partial charge in [0.05, 0.1) is 24.3 Å². The van der Waals surface area contributed by atoms with Crippen LogP contribution in [0.5, 0.6) is 11.5 Å². The molecule has 0 atom stereocenters. The summed E-state index contributed by atoms with van der Waals surface area (Å²) in [4.78, 5) is 11.1. The van der Waals surface area contributed by atoms with Crippen molar-refractivity contribution in [1.29, 1.82) is 5.26 Å². The van der Waals surface area contributed by atoms with Gasteiger partial charge in [0.25, 0.3) is 0 Å². The Hall–Kier alpha value is -4.04. The Morgan fingerprint density at radius 2 is 1.76 bits per heavy atom. The van der Waals surface area contributed by atoms with Gasteiger partial charge in [-0.05, 0) is 47.0 Å². The third kappa shape index (κ3) is 5.02. The van der Waals surface area contributed by atoms with Crippen LogP contribution in [-0.2, 0) is 6.61 Å². The number of benzene rings is 3. The summed E-state index contributed by atoms with van der Waals surface area (Å²) >= 11 is 0. The highest BCUT2D eigenvalue weighted by atomic mass is 16.5. The Labute approximate surface area is 169 Å². The van der Waals surface area contributed by atoms with Gasteiger partial charge in [-0.25, -0.2) is 4.79 Å². The van der Waals surface area contributed by atoms with Crippen molar-refractivity contribution in [2.24, 2.45) is 0 Å². The van der Waals surface area contributed by atoms with Crippen LogP contribution < -0.4 is 9.47 Å². The molecule has 0 amide bonds. The number of hydrogen-bond acceptors (Lipinski definition) is 4. The van der Waals surface area contributed by atoms with Crippen LogP contribution in [-0.4, -0.2) is 18.2 Å². The molecule has 0 aromatic heterocycles. The first kappa shape index (κ1) is 19.7. The quantitative estimate of drug-likeness (QED) is 0.455. The van der Waals surface area contributed by atoms with Gasteiger partial charge in [0.2, 0.25) is 0 Å². The average molecular weight is 385 g/mol. The molecule has 0 saturated carbocycles. The molecule has 3 rings (SSSR count). The molecule has 0 bridgehead atoms. The maximum atomic E-state index is 11.1. The molecule has 0 saturated heterocycles. The molecule has 3 aromatic carbocycles. The minimum atomic E-state index is -0.979. The SMILES string of the molecule is COc1cc(/C=C(\C#N)c2ccccc2)ccc1OCc1cccc(C(=O)O)c1. The van der Waals surface area contributed by atoms with E-state index in [2.05, 4.69) is 6.07 Å². The predicted octanol–water partition coefficient (Wildman–Crippen LogP) is 5.04. The van der Waals surface area contributed by atoms with Crippen molar-refractivity contribution >= 4 is 17.6 Å².